The predicted molar refractivity (Wildman–Crippen MR) is 177 cm³/mol. The third kappa shape index (κ3) is 4.83. The van der Waals surface area contributed by atoms with E-state index in [0.29, 0.717) is 22.1 Å². The number of amides is 3. The van der Waals surface area contributed by atoms with Crippen molar-refractivity contribution in [1.82, 2.24) is 4.98 Å². The quantitative estimate of drug-likeness (QED) is 0.214. The second kappa shape index (κ2) is 11.4. The van der Waals surface area contributed by atoms with E-state index in [-0.39, 0.29) is 52.2 Å². The molecule has 2 aliphatic heterocycles. The summed E-state index contributed by atoms with van der Waals surface area (Å²) >= 11 is 12.4. The lowest BCUT2D eigenvalue weighted by atomic mass is 9.68. The molecule has 6 unspecified atom stereocenters. The van der Waals surface area contributed by atoms with Gasteiger partial charge in [-0.3, -0.25) is 24.1 Å². The summed E-state index contributed by atoms with van der Waals surface area (Å²) < 4.78 is 20.2. The van der Waals surface area contributed by atoms with Gasteiger partial charge in [-0.25, -0.2) is 4.39 Å². The normalized spacial score (nSPS) is 27.4. The Morgan fingerprint density at radius 3 is 2.48 bits per heavy atom. The molecule has 4 aliphatic rings. The van der Waals surface area contributed by atoms with E-state index >= 15 is 0 Å². The number of halogens is 3. The number of H-pyrrole nitrogens is 1. The van der Waals surface area contributed by atoms with Gasteiger partial charge in [-0.2, -0.15) is 0 Å². The van der Waals surface area contributed by atoms with Crippen molar-refractivity contribution in [1.29, 1.82) is 0 Å². The smallest absolute Gasteiger partial charge is 0.305 e. The highest BCUT2D eigenvalue weighted by Gasteiger charge is 2.69. The molecule has 3 fully saturated rings. The first-order valence-electron chi connectivity index (χ1n) is 14.7. The fourth-order valence-corrected chi connectivity index (χ4v) is 11.4. The highest BCUT2D eigenvalue weighted by molar-refractivity contribution is 9.10. The van der Waals surface area contributed by atoms with Crippen molar-refractivity contribution in [2.45, 2.75) is 22.6 Å². The minimum atomic E-state index is -0.465. The Balaban J connectivity index is 1.14. The standard InChI is InChI=1S/C33H24BrClFN3O5S2/c34-14-1-10-22(44-13-23(40)37-17-6-4-16(36)5-7-17)19(11-14)24-25-20-12-21(28(25)45-30-29(24)46-33(43)38-30)27-26(20)31(41)39(32(27)42)18-8-2-15(35)3-9-18/h1-11,20-21,24-28H,12-13H2,(H,37,40)(H,38,43)/t20?,21?,24-,25?,26?,27?,28?/m1/s1. The van der Waals surface area contributed by atoms with E-state index in [0.717, 1.165) is 37.7 Å². The van der Waals surface area contributed by atoms with Gasteiger partial charge >= 0.3 is 4.87 Å². The molecule has 13 heteroatoms. The first kappa shape index (κ1) is 29.9. The number of hydrogen-bond acceptors (Lipinski definition) is 7. The average molecular weight is 741 g/mol. The summed E-state index contributed by atoms with van der Waals surface area (Å²) in [7, 11) is 0. The first-order valence-corrected chi connectivity index (χ1v) is 17.6. The number of carbonyl (C=O) groups is 3. The zero-order chi connectivity index (χ0) is 31.9. The fraction of sp³-hybridized carbons (Fsp3) is 0.273. The van der Waals surface area contributed by atoms with Gasteiger partial charge in [0, 0.05) is 36.8 Å². The largest absolute Gasteiger partial charge is 0.483 e. The molecular formula is C33H24BrClFN3O5S2. The van der Waals surface area contributed by atoms with Crippen LogP contribution in [0.5, 0.6) is 5.75 Å². The Morgan fingerprint density at radius 1 is 1.02 bits per heavy atom. The van der Waals surface area contributed by atoms with Crippen LogP contribution < -0.4 is 19.8 Å². The molecule has 1 aromatic heterocycles. The topological polar surface area (TPSA) is 109 Å². The number of thiazole rings is 1. The molecule has 2 N–H and O–H groups in total. The van der Waals surface area contributed by atoms with E-state index in [2.05, 4.69) is 26.2 Å². The van der Waals surface area contributed by atoms with Crippen molar-refractivity contribution >= 4 is 79.7 Å². The average Bonchev–Trinajstić information content (AvgIpc) is 3.77. The third-order valence-corrected chi connectivity index (χ3v) is 12.9. The molecule has 2 aliphatic carbocycles. The molecule has 0 spiro atoms. The highest BCUT2D eigenvalue weighted by Crippen LogP contribution is 2.69. The molecule has 8 rings (SSSR count). The van der Waals surface area contributed by atoms with Crippen molar-refractivity contribution in [3.05, 3.63) is 102 Å². The van der Waals surface area contributed by atoms with Crippen molar-refractivity contribution < 1.29 is 23.5 Å². The zero-order valence-electron chi connectivity index (χ0n) is 23.7. The maximum Gasteiger partial charge on any atom is 0.305 e. The molecule has 234 valence electrons. The highest BCUT2D eigenvalue weighted by atomic mass is 79.9. The summed E-state index contributed by atoms with van der Waals surface area (Å²) in [6.07, 6.45) is 0.740. The van der Waals surface area contributed by atoms with E-state index in [4.69, 9.17) is 16.3 Å². The summed E-state index contributed by atoms with van der Waals surface area (Å²) in [5.41, 5.74) is 1.76. The van der Waals surface area contributed by atoms with Gasteiger partial charge in [-0.05, 0) is 90.9 Å². The number of aromatic nitrogens is 1. The van der Waals surface area contributed by atoms with Gasteiger partial charge < -0.3 is 15.0 Å². The number of imide groups is 1. The van der Waals surface area contributed by atoms with Crippen LogP contribution in [0.15, 0.2) is 81.0 Å². The molecule has 3 amide bonds. The Labute approximate surface area is 283 Å². The number of fused-ring (bicyclic) bond motifs is 9. The van der Waals surface area contributed by atoms with Crippen LogP contribution in [0.2, 0.25) is 5.02 Å². The number of aromatic amines is 1. The monoisotopic (exact) mass is 739 g/mol. The summed E-state index contributed by atoms with van der Waals surface area (Å²) in [5, 5.41) is 4.00. The molecule has 0 radical (unpaired) electrons. The number of anilines is 2. The Morgan fingerprint density at radius 2 is 1.74 bits per heavy atom. The molecule has 3 aromatic carbocycles. The van der Waals surface area contributed by atoms with Crippen LogP contribution in [0.1, 0.15) is 22.8 Å². The van der Waals surface area contributed by atoms with Crippen molar-refractivity contribution in [3.63, 3.8) is 0 Å². The van der Waals surface area contributed by atoms with E-state index in [9.17, 15) is 23.6 Å². The lowest BCUT2D eigenvalue weighted by Crippen LogP contribution is -2.42. The molecule has 3 heterocycles. The Bertz CT molecular complexity index is 1970. The van der Waals surface area contributed by atoms with Crippen LogP contribution in [0, 0.1) is 35.4 Å². The molecule has 46 heavy (non-hydrogen) atoms. The van der Waals surface area contributed by atoms with Gasteiger partial charge in [0.1, 0.15) is 11.6 Å². The molecule has 2 bridgehead atoms. The van der Waals surface area contributed by atoms with Gasteiger partial charge in [0.05, 0.1) is 22.5 Å². The number of nitrogens with zero attached hydrogens (tertiary/aromatic N) is 1. The third-order valence-electron chi connectivity index (χ3n) is 9.60. The number of carbonyl (C=O) groups excluding carboxylic acids is 3. The van der Waals surface area contributed by atoms with Gasteiger partial charge in [-0.1, -0.05) is 38.9 Å². The number of nitrogens with one attached hydrogen (secondary N) is 2. The molecule has 7 atom stereocenters. The Hall–Kier alpha value is -3.45. The summed E-state index contributed by atoms with van der Waals surface area (Å²) in [4.78, 5) is 58.4. The van der Waals surface area contributed by atoms with Crippen molar-refractivity contribution in [3.8, 4) is 5.75 Å². The van der Waals surface area contributed by atoms with E-state index in [1.165, 1.54) is 29.2 Å². The lowest BCUT2D eigenvalue weighted by molar-refractivity contribution is -0.123. The summed E-state index contributed by atoms with van der Waals surface area (Å²) in [6.45, 7) is -0.294. The van der Waals surface area contributed by atoms with Gasteiger partial charge in [-0.15, -0.1) is 11.8 Å². The van der Waals surface area contributed by atoms with Gasteiger partial charge in [0.25, 0.3) is 5.91 Å². The number of hydrogen-bond donors (Lipinski definition) is 2. The molecule has 1 saturated heterocycles. The number of ether oxygens (including phenoxy) is 1. The molecule has 2 saturated carbocycles. The van der Waals surface area contributed by atoms with Crippen LogP contribution in [-0.4, -0.2) is 34.6 Å². The predicted octanol–water partition coefficient (Wildman–Crippen LogP) is 6.69. The lowest BCUT2D eigenvalue weighted by Gasteiger charge is -2.43. The van der Waals surface area contributed by atoms with E-state index in [1.807, 2.05) is 12.1 Å². The maximum absolute atomic E-state index is 14.0. The van der Waals surface area contributed by atoms with Crippen LogP contribution >= 0.6 is 50.6 Å². The number of thioether (sulfide) groups is 1. The number of rotatable bonds is 6. The van der Waals surface area contributed by atoms with Crippen LogP contribution in [0.4, 0.5) is 15.8 Å². The minimum Gasteiger partial charge on any atom is -0.483 e. The van der Waals surface area contributed by atoms with Crippen molar-refractivity contribution in [2.24, 2.45) is 29.6 Å². The zero-order valence-corrected chi connectivity index (χ0v) is 27.7. The second-order valence-corrected chi connectivity index (χ2v) is 15.5. The summed E-state index contributed by atoms with van der Waals surface area (Å²) in [5.74, 6) is -2.09. The maximum atomic E-state index is 14.0. The van der Waals surface area contributed by atoms with Crippen LogP contribution in [-0.2, 0) is 14.4 Å². The van der Waals surface area contributed by atoms with Crippen molar-refractivity contribution in [2.75, 3.05) is 16.8 Å². The van der Waals surface area contributed by atoms with E-state index < -0.39 is 23.6 Å². The minimum absolute atomic E-state index is 0.00970. The Kier molecular flexibility index (Phi) is 7.39. The van der Waals surface area contributed by atoms with Crippen LogP contribution in [0.3, 0.4) is 0 Å². The summed E-state index contributed by atoms with van der Waals surface area (Å²) in [6, 6.07) is 17.8. The fourth-order valence-electron chi connectivity index (χ4n) is 7.98. The molecular weight excluding hydrogens is 717 g/mol. The molecule has 8 nitrogen and oxygen atoms in total. The first-order chi connectivity index (χ1) is 22.2. The number of benzene rings is 3. The van der Waals surface area contributed by atoms with Crippen LogP contribution in [0.25, 0.3) is 0 Å². The van der Waals surface area contributed by atoms with Gasteiger partial charge in [0.2, 0.25) is 11.8 Å². The van der Waals surface area contributed by atoms with Gasteiger partial charge in [0.15, 0.2) is 6.61 Å². The second-order valence-electron chi connectivity index (χ2n) is 12.0. The molecule has 4 aromatic rings. The SMILES string of the molecule is O=C(COc1ccc(Br)cc1[C@H]1c2sc(=O)[nH]c2SC2C3CC(C4C(=O)N(c5ccc(Cl)cc5)C(=O)C34)C21)Nc1ccc(F)cc1. The van der Waals surface area contributed by atoms with E-state index in [1.54, 1.807) is 42.1 Å².